The van der Waals surface area contributed by atoms with Gasteiger partial charge in [0, 0.05) is 6.20 Å². The Kier molecular flexibility index (Phi) is 3.84. The molecule has 0 aliphatic heterocycles. The maximum atomic E-state index is 11.9. The lowest BCUT2D eigenvalue weighted by atomic mass is 10.0. The summed E-state index contributed by atoms with van der Waals surface area (Å²) in [4.78, 5) is 15.9. The molecule has 17 heavy (non-hydrogen) atoms. The number of rotatable bonds is 2. The van der Waals surface area contributed by atoms with Gasteiger partial charge in [-0.05, 0) is 39.3 Å². The molecule has 1 rings (SSSR count). The smallest absolute Gasteiger partial charge is 0.330 e. The Balaban J connectivity index is 2.98. The average Bonchev–Trinajstić information content (AvgIpc) is 2.19. The summed E-state index contributed by atoms with van der Waals surface area (Å²) in [6.07, 6.45) is 1.57. The molecule has 90 valence electrons. The van der Waals surface area contributed by atoms with Gasteiger partial charge in [-0.15, -0.1) is 0 Å². The Hall–Kier alpha value is -1.89. The molecule has 0 saturated heterocycles. The topological polar surface area (TPSA) is 63.0 Å². The highest BCUT2D eigenvalue weighted by Crippen LogP contribution is 2.20. The molecule has 0 fully saturated rings. The van der Waals surface area contributed by atoms with Gasteiger partial charge >= 0.3 is 5.97 Å². The zero-order valence-electron chi connectivity index (χ0n) is 10.5. The lowest BCUT2D eigenvalue weighted by molar-refractivity contribution is -0.155. The van der Waals surface area contributed by atoms with Crippen LogP contribution in [0.4, 0.5) is 0 Å². The van der Waals surface area contributed by atoms with E-state index in [-0.39, 0.29) is 0 Å². The van der Waals surface area contributed by atoms with E-state index >= 15 is 0 Å². The Morgan fingerprint density at radius 3 is 2.65 bits per heavy atom. The van der Waals surface area contributed by atoms with Crippen molar-refractivity contribution < 1.29 is 9.53 Å². The van der Waals surface area contributed by atoms with Crippen LogP contribution in [-0.2, 0) is 9.53 Å². The van der Waals surface area contributed by atoms with E-state index in [0.29, 0.717) is 5.69 Å². The third-order valence-corrected chi connectivity index (χ3v) is 2.09. The minimum atomic E-state index is -0.963. The molecule has 0 aliphatic rings. The first-order valence-electron chi connectivity index (χ1n) is 5.39. The summed E-state index contributed by atoms with van der Waals surface area (Å²) in [5.41, 5.74) is 0.670. The van der Waals surface area contributed by atoms with Crippen LogP contribution in [0.2, 0.25) is 0 Å². The van der Waals surface area contributed by atoms with E-state index in [9.17, 15) is 4.79 Å². The molecule has 0 spiro atoms. The van der Waals surface area contributed by atoms with Crippen molar-refractivity contribution in [3.8, 4) is 6.07 Å². The van der Waals surface area contributed by atoms with E-state index in [0.717, 1.165) is 5.56 Å². The van der Waals surface area contributed by atoms with Crippen molar-refractivity contribution in [2.75, 3.05) is 0 Å². The minimum absolute atomic E-state index is 0.462. The third-order valence-electron chi connectivity index (χ3n) is 2.09. The maximum absolute atomic E-state index is 11.9. The van der Waals surface area contributed by atoms with Crippen LogP contribution < -0.4 is 0 Å². The van der Waals surface area contributed by atoms with Gasteiger partial charge in [0.1, 0.15) is 5.60 Å². The lowest BCUT2D eigenvalue weighted by Crippen LogP contribution is -2.28. The Bertz CT molecular complexity index is 455. The number of hydrogen-bond donors (Lipinski definition) is 0. The summed E-state index contributed by atoms with van der Waals surface area (Å²) in [5, 5.41) is 9.08. The van der Waals surface area contributed by atoms with Crippen LogP contribution in [0.5, 0.6) is 0 Å². The van der Waals surface area contributed by atoms with Crippen molar-refractivity contribution in [2.45, 2.75) is 39.2 Å². The van der Waals surface area contributed by atoms with Gasteiger partial charge in [-0.3, -0.25) is 9.78 Å². The van der Waals surface area contributed by atoms with Crippen LogP contribution in [0.3, 0.4) is 0 Å². The first kappa shape index (κ1) is 13.2. The number of carbonyl (C=O) groups is 1. The highest BCUT2D eigenvalue weighted by molar-refractivity contribution is 5.81. The fraction of sp³-hybridized carbons (Fsp3) is 0.462. The highest BCUT2D eigenvalue weighted by atomic mass is 16.6. The molecule has 0 unspecified atom stereocenters. The number of carbonyl (C=O) groups excluding carboxylic acids is 1. The molecule has 1 heterocycles. The standard InChI is InChI=1S/C13H16N2O2/c1-9-6-5-7-15-11(9)10(8-14)12(16)17-13(2,3)4/h5-7,10H,1-4H3/t10-/m0/s1. The van der Waals surface area contributed by atoms with E-state index < -0.39 is 17.5 Å². The van der Waals surface area contributed by atoms with Crippen LogP contribution in [0.25, 0.3) is 0 Å². The maximum Gasteiger partial charge on any atom is 0.330 e. The zero-order chi connectivity index (χ0) is 13.1. The molecule has 0 saturated carbocycles. The third kappa shape index (κ3) is 3.56. The molecule has 4 nitrogen and oxygen atoms in total. The highest BCUT2D eigenvalue weighted by Gasteiger charge is 2.28. The van der Waals surface area contributed by atoms with Gasteiger partial charge in [0.25, 0.3) is 0 Å². The predicted octanol–water partition coefficient (Wildman–Crippen LogP) is 2.34. The second-order valence-corrected chi connectivity index (χ2v) is 4.80. The number of aryl methyl sites for hydroxylation is 1. The number of pyridine rings is 1. The fourth-order valence-corrected chi connectivity index (χ4v) is 1.39. The van der Waals surface area contributed by atoms with Crippen LogP contribution in [-0.4, -0.2) is 16.6 Å². The van der Waals surface area contributed by atoms with Crippen LogP contribution in [0, 0.1) is 18.3 Å². The van der Waals surface area contributed by atoms with E-state index in [4.69, 9.17) is 10.00 Å². The second-order valence-electron chi connectivity index (χ2n) is 4.80. The number of nitrogens with zero attached hydrogens (tertiary/aromatic N) is 2. The number of nitriles is 1. The van der Waals surface area contributed by atoms with Crippen LogP contribution >= 0.6 is 0 Å². The van der Waals surface area contributed by atoms with Crippen molar-refractivity contribution in [2.24, 2.45) is 0 Å². The summed E-state index contributed by atoms with van der Waals surface area (Å²) >= 11 is 0. The molecule has 1 aromatic rings. The van der Waals surface area contributed by atoms with Gasteiger partial charge in [0.2, 0.25) is 0 Å². The predicted molar refractivity (Wildman–Crippen MR) is 63.2 cm³/mol. The normalized spacial score (nSPS) is 12.6. The molecule has 1 atom stereocenters. The summed E-state index contributed by atoms with van der Waals surface area (Å²) in [5.74, 6) is -1.52. The molecule has 1 aromatic heterocycles. The Morgan fingerprint density at radius 2 is 2.18 bits per heavy atom. The molecule has 0 aliphatic carbocycles. The summed E-state index contributed by atoms with van der Waals surface area (Å²) in [6.45, 7) is 7.12. The van der Waals surface area contributed by atoms with Gasteiger partial charge in [0.15, 0.2) is 5.92 Å². The summed E-state index contributed by atoms with van der Waals surface area (Å²) in [6, 6.07) is 5.53. The minimum Gasteiger partial charge on any atom is -0.459 e. The number of esters is 1. The van der Waals surface area contributed by atoms with E-state index in [1.165, 1.54) is 0 Å². The molecule has 0 aromatic carbocycles. The first-order chi connectivity index (χ1) is 7.85. The fourth-order valence-electron chi connectivity index (χ4n) is 1.39. The Morgan fingerprint density at radius 1 is 1.53 bits per heavy atom. The molecular weight excluding hydrogens is 216 g/mol. The van der Waals surface area contributed by atoms with E-state index in [2.05, 4.69) is 4.98 Å². The van der Waals surface area contributed by atoms with Gasteiger partial charge in [-0.1, -0.05) is 6.07 Å². The number of aromatic nitrogens is 1. The largest absolute Gasteiger partial charge is 0.459 e. The summed E-state index contributed by atoms with van der Waals surface area (Å²) in [7, 11) is 0. The number of ether oxygens (including phenoxy) is 1. The van der Waals surface area contributed by atoms with Crippen molar-refractivity contribution in [1.82, 2.24) is 4.98 Å². The SMILES string of the molecule is Cc1cccnc1[C@H](C#N)C(=O)OC(C)(C)C. The second kappa shape index (κ2) is 4.96. The van der Waals surface area contributed by atoms with Crippen LogP contribution in [0.1, 0.15) is 37.9 Å². The van der Waals surface area contributed by atoms with Crippen molar-refractivity contribution in [3.63, 3.8) is 0 Å². The Labute approximate surface area is 101 Å². The molecule has 0 radical (unpaired) electrons. The molecule has 0 bridgehead atoms. The van der Waals surface area contributed by atoms with Gasteiger partial charge < -0.3 is 4.74 Å². The monoisotopic (exact) mass is 232 g/mol. The van der Waals surface area contributed by atoms with Crippen molar-refractivity contribution in [3.05, 3.63) is 29.6 Å². The quantitative estimate of drug-likeness (QED) is 0.734. The molecule has 0 amide bonds. The molecular formula is C13H16N2O2. The number of hydrogen-bond acceptors (Lipinski definition) is 4. The molecule has 4 heteroatoms. The van der Waals surface area contributed by atoms with E-state index in [1.54, 1.807) is 33.0 Å². The van der Waals surface area contributed by atoms with Gasteiger partial charge in [-0.25, -0.2) is 0 Å². The zero-order valence-corrected chi connectivity index (χ0v) is 10.5. The lowest BCUT2D eigenvalue weighted by Gasteiger charge is -2.21. The van der Waals surface area contributed by atoms with Crippen molar-refractivity contribution >= 4 is 5.97 Å². The molecule has 0 N–H and O–H groups in total. The van der Waals surface area contributed by atoms with Gasteiger partial charge in [0.05, 0.1) is 11.8 Å². The summed E-state index contributed by atoms with van der Waals surface area (Å²) < 4.78 is 5.20. The first-order valence-corrected chi connectivity index (χ1v) is 5.39. The van der Waals surface area contributed by atoms with E-state index in [1.807, 2.05) is 19.1 Å². The van der Waals surface area contributed by atoms with Gasteiger partial charge in [-0.2, -0.15) is 5.26 Å². The average molecular weight is 232 g/mol. The van der Waals surface area contributed by atoms with Crippen LogP contribution in [0.15, 0.2) is 18.3 Å². The van der Waals surface area contributed by atoms with Crippen molar-refractivity contribution in [1.29, 1.82) is 5.26 Å².